The van der Waals surface area contributed by atoms with Crippen molar-refractivity contribution < 1.29 is 21.3 Å². The monoisotopic (exact) mass is 318 g/mol. The minimum Gasteiger partial charge on any atom is -0.357 e. The largest absolute Gasteiger partial charge is 0.488 e. The third-order valence-corrected chi connectivity index (χ3v) is 3.12. The van der Waals surface area contributed by atoms with Gasteiger partial charge in [-0.1, -0.05) is 17.7 Å². The zero-order chi connectivity index (χ0) is 16.0. The third kappa shape index (κ3) is 7.03. The first-order valence-corrected chi connectivity index (χ1v) is 7.88. The van der Waals surface area contributed by atoms with Gasteiger partial charge in [0.25, 0.3) is 5.91 Å². The molecule has 0 aliphatic heterocycles. The van der Waals surface area contributed by atoms with Crippen LogP contribution in [-0.4, -0.2) is 25.4 Å². The Hall–Kier alpha value is -1.70. The fourth-order valence-corrected chi connectivity index (χ4v) is 1.99. The average Bonchev–Trinajstić information content (AvgIpc) is 2.34. The van der Waals surface area contributed by atoms with E-state index in [1.54, 1.807) is 0 Å². The lowest BCUT2D eigenvalue weighted by Crippen LogP contribution is -2.32. The van der Waals surface area contributed by atoms with E-state index in [4.69, 9.17) is 0 Å². The lowest BCUT2D eigenvalue weighted by Gasteiger charge is -2.15. The van der Waals surface area contributed by atoms with Gasteiger partial charge in [0.2, 0.25) is 0 Å². The van der Waals surface area contributed by atoms with Crippen molar-refractivity contribution >= 4 is 16.4 Å². The van der Waals surface area contributed by atoms with E-state index in [1.807, 2.05) is 6.92 Å². The van der Waals surface area contributed by atoms with Crippen molar-refractivity contribution in [2.24, 2.45) is 5.92 Å². The van der Waals surface area contributed by atoms with Crippen molar-refractivity contribution in [3.63, 3.8) is 0 Å². The molecule has 1 heterocycles. The first kappa shape index (κ1) is 17.4. The number of halogens is 1. The van der Waals surface area contributed by atoms with E-state index < -0.39 is 16.4 Å². The minimum atomic E-state index is -5.13. The predicted octanol–water partition coefficient (Wildman–Crippen LogP) is 2.23. The second kappa shape index (κ2) is 7.35. The number of nitrogens with one attached hydrogen (secondary N) is 1. The van der Waals surface area contributed by atoms with E-state index in [2.05, 4.69) is 28.3 Å². The van der Waals surface area contributed by atoms with Crippen molar-refractivity contribution in [1.29, 1.82) is 0 Å². The standard InChI is InChI=1S/C13H19FN2O4S/c1-9(2)4-5-10(3)16-13(17)11-6-12(8-15-7-11)20-21(14,18)19/h6-10H,4-5H2,1-3H3,(H,16,17). The van der Waals surface area contributed by atoms with Crippen LogP contribution < -0.4 is 9.50 Å². The molecule has 0 saturated heterocycles. The molecular formula is C13H19FN2O4S. The molecule has 1 rings (SSSR count). The van der Waals surface area contributed by atoms with Crippen molar-refractivity contribution in [3.05, 3.63) is 24.0 Å². The molecule has 0 fully saturated rings. The van der Waals surface area contributed by atoms with Crippen molar-refractivity contribution in [1.82, 2.24) is 10.3 Å². The summed E-state index contributed by atoms with van der Waals surface area (Å²) in [6.45, 7) is 6.06. The van der Waals surface area contributed by atoms with Gasteiger partial charge in [-0.3, -0.25) is 9.78 Å². The van der Waals surface area contributed by atoms with Crippen LogP contribution in [0.2, 0.25) is 0 Å². The summed E-state index contributed by atoms with van der Waals surface area (Å²) in [4.78, 5) is 15.6. The summed E-state index contributed by atoms with van der Waals surface area (Å²) in [5, 5.41) is 2.76. The Morgan fingerprint density at radius 1 is 1.33 bits per heavy atom. The van der Waals surface area contributed by atoms with Crippen LogP contribution in [0.25, 0.3) is 0 Å². The fourth-order valence-electron chi connectivity index (χ4n) is 1.67. The molecule has 0 spiro atoms. The highest BCUT2D eigenvalue weighted by molar-refractivity contribution is 7.81. The number of hydrogen-bond donors (Lipinski definition) is 1. The molecular weight excluding hydrogens is 299 g/mol. The second-order valence-corrected chi connectivity index (χ2v) is 6.18. The van der Waals surface area contributed by atoms with E-state index in [-0.39, 0.29) is 17.4 Å². The van der Waals surface area contributed by atoms with Crippen molar-refractivity contribution in [2.75, 3.05) is 0 Å². The van der Waals surface area contributed by atoms with Crippen LogP contribution >= 0.6 is 0 Å². The molecule has 0 saturated carbocycles. The van der Waals surface area contributed by atoms with Gasteiger partial charge in [0.1, 0.15) is 0 Å². The van der Waals surface area contributed by atoms with Gasteiger partial charge in [-0.2, -0.15) is 8.42 Å². The van der Waals surface area contributed by atoms with Crippen LogP contribution in [0, 0.1) is 5.92 Å². The second-order valence-electron chi connectivity index (χ2n) is 5.23. The molecule has 0 aliphatic rings. The molecule has 0 aliphatic carbocycles. The lowest BCUT2D eigenvalue weighted by molar-refractivity contribution is 0.0936. The molecule has 1 N–H and O–H groups in total. The fraction of sp³-hybridized carbons (Fsp3) is 0.538. The van der Waals surface area contributed by atoms with Gasteiger partial charge in [0.05, 0.1) is 11.8 Å². The molecule has 1 aromatic heterocycles. The molecule has 8 heteroatoms. The van der Waals surface area contributed by atoms with E-state index in [9.17, 15) is 17.1 Å². The van der Waals surface area contributed by atoms with E-state index in [1.165, 1.54) is 6.20 Å². The van der Waals surface area contributed by atoms with Crippen LogP contribution in [-0.2, 0) is 10.5 Å². The number of nitrogens with zero attached hydrogens (tertiary/aromatic N) is 1. The summed E-state index contributed by atoms with van der Waals surface area (Å²) in [5.41, 5.74) is 0.104. The lowest BCUT2D eigenvalue weighted by atomic mass is 10.0. The summed E-state index contributed by atoms with van der Waals surface area (Å²) >= 11 is 0. The Balaban J connectivity index is 2.68. The minimum absolute atomic E-state index is 0.0330. The van der Waals surface area contributed by atoms with E-state index in [0.717, 1.165) is 25.1 Å². The molecule has 0 bridgehead atoms. The molecule has 1 aromatic rings. The summed E-state index contributed by atoms with van der Waals surface area (Å²) in [5.74, 6) is -0.224. The average molecular weight is 318 g/mol. The highest BCUT2D eigenvalue weighted by Crippen LogP contribution is 2.15. The van der Waals surface area contributed by atoms with Crippen LogP contribution in [0.5, 0.6) is 5.75 Å². The highest BCUT2D eigenvalue weighted by atomic mass is 32.3. The molecule has 1 atom stereocenters. The maximum absolute atomic E-state index is 12.4. The zero-order valence-corrected chi connectivity index (χ0v) is 13.0. The number of rotatable bonds is 7. The Kier molecular flexibility index (Phi) is 6.07. The molecule has 0 radical (unpaired) electrons. The third-order valence-electron chi connectivity index (χ3n) is 2.73. The smallest absolute Gasteiger partial charge is 0.357 e. The van der Waals surface area contributed by atoms with E-state index >= 15 is 0 Å². The number of amides is 1. The SMILES string of the molecule is CC(C)CCC(C)NC(=O)c1cncc(OS(=O)(=O)F)c1. The van der Waals surface area contributed by atoms with Crippen molar-refractivity contribution in [2.45, 2.75) is 39.7 Å². The molecule has 6 nitrogen and oxygen atoms in total. The first-order chi connectivity index (χ1) is 9.67. The summed E-state index contributed by atoms with van der Waals surface area (Å²) < 4.78 is 37.2. The molecule has 1 amide bonds. The number of pyridine rings is 1. The molecule has 21 heavy (non-hydrogen) atoms. The normalized spacial score (nSPS) is 13.0. The van der Waals surface area contributed by atoms with Gasteiger partial charge in [0, 0.05) is 12.2 Å². The maximum atomic E-state index is 12.4. The Bertz CT molecular complexity index is 590. The van der Waals surface area contributed by atoms with Gasteiger partial charge in [-0.25, -0.2) is 0 Å². The zero-order valence-electron chi connectivity index (χ0n) is 12.2. The van der Waals surface area contributed by atoms with Crippen LogP contribution in [0.1, 0.15) is 44.0 Å². The summed E-state index contributed by atoms with van der Waals surface area (Å²) in [6.07, 6.45) is 4.06. The first-order valence-electron chi connectivity index (χ1n) is 6.57. The Morgan fingerprint density at radius 2 is 2.00 bits per heavy atom. The molecule has 118 valence electrons. The highest BCUT2D eigenvalue weighted by Gasteiger charge is 2.14. The quantitative estimate of drug-likeness (QED) is 0.779. The van der Waals surface area contributed by atoms with Crippen LogP contribution in [0.4, 0.5) is 3.89 Å². The maximum Gasteiger partial charge on any atom is 0.488 e. The van der Waals surface area contributed by atoms with Crippen molar-refractivity contribution in [3.8, 4) is 5.75 Å². The summed E-state index contributed by atoms with van der Waals surface area (Å²) in [7, 11) is -5.13. The number of aromatic nitrogens is 1. The summed E-state index contributed by atoms with van der Waals surface area (Å²) in [6, 6.07) is 1.09. The number of carbonyl (C=O) groups excluding carboxylic acids is 1. The van der Waals surface area contributed by atoms with E-state index in [0.29, 0.717) is 5.92 Å². The molecule has 0 aromatic carbocycles. The number of carbonyl (C=O) groups is 1. The Labute approximate surface area is 124 Å². The van der Waals surface area contributed by atoms with Gasteiger partial charge >= 0.3 is 10.5 Å². The topological polar surface area (TPSA) is 85.4 Å². The van der Waals surface area contributed by atoms with Gasteiger partial charge in [0.15, 0.2) is 5.75 Å². The van der Waals surface area contributed by atoms with Crippen LogP contribution in [0.15, 0.2) is 18.5 Å². The van der Waals surface area contributed by atoms with Gasteiger partial charge in [-0.05, 0) is 31.7 Å². The van der Waals surface area contributed by atoms with Gasteiger partial charge in [-0.15, -0.1) is 0 Å². The van der Waals surface area contributed by atoms with Crippen LogP contribution in [0.3, 0.4) is 0 Å². The Morgan fingerprint density at radius 3 is 2.57 bits per heavy atom. The predicted molar refractivity (Wildman–Crippen MR) is 75.9 cm³/mol. The van der Waals surface area contributed by atoms with Gasteiger partial charge < -0.3 is 9.50 Å². The molecule has 1 unspecified atom stereocenters. The number of hydrogen-bond acceptors (Lipinski definition) is 5.